The van der Waals surface area contributed by atoms with Crippen LogP contribution < -0.4 is 10.6 Å². The molecule has 0 aromatic heterocycles. The lowest BCUT2D eigenvalue weighted by molar-refractivity contribution is 0.0827. The normalized spacial score (nSPS) is 10.3. The summed E-state index contributed by atoms with van der Waals surface area (Å²) in [5.41, 5.74) is 4.07. The molecule has 2 rings (SSSR count). The van der Waals surface area contributed by atoms with Crippen LogP contribution in [0.5, 0.6) is 0 Å². The minimum Gasteiger partial charge on any atom is -0.380 e. The SMILES string of the molecule is COCc1cccc(CNC(=O)Nc2cc(C(=O)N(C)C)ccc2C)c1. The van der Waals surface area contributed by atoms with Gasteiger partial charge in [0.15, 0.2) is 0 Å². The van der Waals surface area contributed by atoms with Gasteiger partial charge in [-0.3, -0.25) is 4.79 Å². The highest BCUT2D eigenvalue weighted by Gasteiger charge is 2.11. The number of aryl methyl sites for hydroxylation is 1. The Bertz CT molecular complexity index is 788. The number of carbonyl (C=O) groups is 2. The van der Waals surface area contributed by atoms with E-state index in [1.54, 1.807) is 33.3 Å². The molecular formula is C20H25N3O3. The number of hydrogen-bond acceptors (Lipinski definition) is 3. The molecule has 0 aliphatic carbocycles. The topological polar surface area (TPSA) is 70.7 Å². The number of benzene rings is 2. The van der Waals surface area contributed by atoms with Crippen molar-refractivity contribution in [1.82, 2.24) is 10.2 Å². The molecule has 2 N–H and O–H groups in total. The van der Waals surface area contributed by atoms with Crippen LogP contribution in [-0.2, 0) is 17.9 Å². The van der Waals surface area contributed by atoms with Crippen molar-refractivity contribution in [1.29, 1.82) is 0 Å². The number of methoxy groups -OCH3 is 1. The fraction of sp³-hybridized carbons (Fsp3) is 0.300. The number of anilines is 1. The van der Waals surface area contributed by atoms with E-state index in [9.17, 15) is 9.59 Å². The van der Waals surface area contributed by atoms with Gasteiger partial charge in [0, 0.05) is 39.0 Å². The van der Waals surface area contributed by atoms with Crippen LogP contribution in [0.2, 0.25) is 0 Å². The summed E-state index contributed by atoms with van der Waals surface area (Å²) < 4.78 is 5.12. The first-order valence-electron chi connectivity index (χ1n) is 8.34. The van der Waals surface area contributed by atoms with Gasteiger partial charge >= 0.3 is 6.03 Å². The highest BCUT2D eigenvalue weighted by molar-refractivity contribution is 5.97. The number of nitrogens with one attached hydrogen (secondary N) is 2. The highest BCUT2D eigenvalue weighted by Crippen LogP contribution is 2.18. The molecular weight excluding hydrogens is 330 g/mol. The van der Waals surface area contributed by atoms with Gasteiger partial charge in [0.05, 0.1) is 6.61 Å². The molecule has 6 heteroatoms. The molecule has 0 saturated carbocycles. The van der Waals surface area contributed by atoms with E-state index in [1.165, 1.54) is 4.90 Å². The van der Waals surface area contributed by atoms with Gasteiger partial charge in [-0.2, -0.15) is 0 Å². The van der Waals surface area contributed by atoms with Crippen LogP contribution in [0.4, 0.5) is 10.5 Å². The van der Waals surface area contributed by atoms with E-state index in [4.69, 9.17) is 4.74 Å². The summed E-state index contributed by atoms with van der Waals surface area (Å²) in [5, 5.41) is 5.64. The Balaban J connectivity index is 2.00. The van der Waals surface area contributed by atoms with Crippen molar-refractivity contribution in [2.45, 2.75) is 20.1 Å². The third-order valence-electron chi connectivity index (χ3n) is 3.89. The molecule has 2 aromatic rings. The molecule has 0 heterocycles. The second-order valence-electron chi connectivity index (χ2n) is 6.29. The molecule has 0 spiro atoms. The van der Waals surface area contributed by atoms with Crippen LogP contribution in [0.1, 0.15) is 27.0 Å². The second-order valence-corrected chi connectivity index (χ2v) is 6.29. The lowest BCUT2D eigenvalue weighted by atomic mass is 10.1. The Morgan fingerprint density at radius 1 is 1.08 bits per heavy atom. The maximum absolute atomic E-state index is 12.2. The fourth-order valence-corrected chi connectivity index (χ4v) is 2.49. The van der Waals surface area contributed by atoms with Crippen LogP contribution >= 0.6 is 0 Å². The first-order chi connectivity index (χ1) is 12.4. The van der Waals surface area contributed by atoms with Crippen molar-refractivity contribution in [3.63, 3.8) is 0 Å². The zero-order valence-electron chi connectivity index (χ0n) is 15.6. The van der Waals surface area contributed by atoms with Crippen LogP contribution in [0.3, 0.4) is 0 Å². The van der Waals surface area contributed by atoms with Gasteiger partial charge in [-0.05, 0) is 35.7 Å². The van der Waals surface area contributed by atoms with Crippen LogP contribution in [0.15, 0.2) is 42.5 Å². The first kappa shape index (κ1) is 19.5. The second kappa shape index (κ2) is 9.01. The van der Waals surface area contributed by atoms with Gasteiger partial charge < -0.3 is 20.3 Å². The maximum Gasteiger partial charge on any atom is 0.319 e. The quantitative estimate of drug-likeness (QED) is 0.836. The summed E-state index contributed by atoms with van der Waals surface area (Å²) in [6.45, 7) is 2.82. The van der Waals surface area contributed by atoms with E-state index >= 15 is 0 Å². The predicted octanol–water partition coefficient (Wildman–Crippen LogP) is 3.16. The van der Waals surface area contributed by atoms with E-state index in [0.29, 0.717) is 24.4 Å². The standard InChI is InChI=1S/C20H25N3O3/c1-14-8-9-17(19(24)23(2)3)11-18(14)22-20(25)21-12-15-6-5-7-16(10-15)13-26-4/h5-11H,12-13H2,1-4H3,(H2,21,22,25). The number of rotatable bonds is 6. The molecule has 0 fully saturated rings. The molecule has 6 nitrogen and oxygen atoms in total. The van der Waals surface area contributed by atoms with Gasteiger partial charge in [0.1, 0.15) is 0 Å². The molecule has 0 unspecified atom stereocenters. The minimum atomic E-state index is -0.320. The van der Waals surface area contributed by atoms with Crippen molar-refractivity contribution >= 4 is 17.6 Å². The van der Waals surface area contributed by atoms with Crippen molar-refractivity contribution in [3.05, 3.63) is 64.7 Å². The zero-order chi connectivity index (χ0) is 19.1. The Kier molecular flexibility index (Phi) is 6.74. The van der Waals surface area contributed by atoms with Gasteiger partial charge in [-0.1, -0.05) is 30.3 Å². The molecule has 0 bridgehead atoms. The lowest BCUT2D eigenvalue weighted by Gasteiger charge is -2.14. The van der Waals surface area contributed by atoms with Gasteiger partial charge in [0.2, 0.25) is 0 Å². The van der Waals surface area contributed by atoms with Crippen molar-refractivity contribution in [3.8, 4) is 0 Å². The van der Waals surface area contributed by atoms with E-state index < -0.39 is 0 Å². The average Bonchev–Trinajstić information content (AvgIpc) is 2.62. The fourth-order valence-electron chi connectivity index (χ4n) is 2.49. The smallest absolute Gasteiger partial charge is 0.319 e. The predicted molar refractivity (Wildman–Crippen MR) is 102 cm³/mol. The Hall–Kier alpha value is -2.86. The molecule has 0 aliphatic heterocycles. The largest absolute Gasteiger partial charge is 0.380 e. The zero-order valence-corrected chi connectivity index (χ0v) is 15.6. The van der Waals surface area contributed by atoms with Crippen LogP contribution in [-0.4, -0.2) is 38.0 Å². The third kappa shape index (κ3) is 5.32. The molecule has 26 heavy (non-hydrogen) atoms. The Labute approximate surface area is 154 Å². The number of nitrogens with zero attached hydrogens (tertiary/aromatic N) is 1. The van der Waals surface area contributed by atoms with E-state index in [2.05, 4.69) is 10.6 Å². The Morgan fingerprint density at radius 3 is 2.50 bits per heavy atom. The average molecular weight is 355 g/mol. The molecule has 0 aliphatic rings. The van der Waals surface area contributed by atoms with Crippen molar-refractivity contribution in [2.75, 3.05) is 26.5 Å². The summed E-state index contributed by atoms with van der Waals surface area (Å²) in [6.07, 6.45) is 0. The molecule has 0 atom stereocenters. The molecule has 3 amide bonds. The number of carbonyl (C=O) groups excluding carboxylic acids is 2. The molecule has 0 radical (unpaired) electrons. The molecule has 2 aromatic carbocycles. The van der Waals surface area contributed by atoms with E-state index in [1.807, 2.05) is 37.3 Å². The minimum absolute atomic E-state index is 0.108. The monoisotopic (exact) mass is 355 g/mol. The molecule has 138 valence electrons. The van der Waals surface area contributed by atoms with Gasteiger partial charge in [-0.25, -0.2) is 4.79 Å². The summed E-state index contributed by atoms with van der Waals surface area (Å²) in [5.74, 6) is -0.108. The van der Waals surface area contributed by atoms with Gasteiger partial charge in [-0.15, -0.1) is 0 Å². The first-order valence-corrected chi connectivity index (χ1v) is 8.34. The number of ether oxygens (including phenoxy) is 1. The lowest BCUT2D eigenvalue weighted by Crippen LogP contribution is -2.29. The van der Waals surface area contributed by atoms with E-state index in [0.717, 1.165) is 16.7 Å². The van der Waals surface area contributed by atoms with Crippen molar-refractivity contribution < 1.29 is 14.3 Å². The number of amides is 3. The van der Waals surface area contributed by atoms with Crippen LogP contribution in [0.25, 0.3) is 0 Å². The highest BCUT2D eigenvalue weighted by atomic mass is 16.5. The molecule has 0 saturated heterocycles. The van der Waals surface area contributed by atoms with E-state index in [-0.39, 0.29) is 11.9 Å². The summed E-state index contributed by atoms with van der Waals surface area (Å²) in [4.78, 5) is 25.8. The summed E-state index contributed by atoms with van der Waals surface area (Å²) in [7, 11) is 5.04. The van der Waals surface area contributed by atoms with Crippen LogP contribution in [0, 0.1) is 6.92 Å². The number of hydrogen-bond donors (Lipinski definition) is 2. The number of urea groups is 1. The van der Waals surface area contributed by atoms with Gasteiger partial charge in [0.25, 0.3) is 5.91 Å². The summed E-state index contributed by atoms with van der Waals surface area (Å²) in [6, 6.07) is 12.8. The van der Waals surface area contributed by atoms with Crippen molar-refractivity contribution in [2.24, 2.45) is 0 Å². The summed E-state index contributed by atoms with van der Waals surface area (Å²) >= 11 is 0. The Morgan fingerprint density at radius 2 is 1.81 bits per heavy atom. The third-order valence-corrected chi connectivity index (χ3v) is 3.89. The maximum atomic E-state index is 12.2.